The van der Waals surface area contributed by atoms with E-state index in [1.807, 2.05) is 58.0 Å². The Morgan fingerprint density at radius 3 is 2.46 bits per heavy atom. The topological polar surface area (TPSA) is 179 Å². The van der Waals surface area contributed by atoms with E-state index in [0.717, 1.165) is 16.5 Å². The molecule has 3 aliphatic heterocycles. The predicted octanol–water partition coefficient (Wildman–Crippen LogP) is 5.48. The van der Waals surface area contributed by atoms with Crippen molar-refractivity contribution in [3.63, 3.8) is 0 Å². The number of para-hydroxylation sites is 1. The Labute approximate surface area is 329 Å². The van der Waals surface area contributed by atoms with Crippen molar-refractivity contribution in [1.29, 1.82) is 0 Å². The fourth-order valence-electron chi connectivity index (χ4n) is 8.08. The first-order chi connectivity index (χ1) is 26.4. The first-order valence-corrected chi connectivity index (χ1v) is 20.3. The minimum atomic E-state index is -4.17. The number of esters is 2. The van der Waals surface area contributed by atoms with Gasteiger partial charge in [0.05, 0.1) is 46.6 Å². The van der Waals surface area contributed by atoms with Crippen molar-refractivity contribution in [1.82, 2.24) is 19.3 Å². The van der Waals surface area contributed by atoms with Crippen molar-refractivity contribution >= 4 is 50.3 Å². The van der Waals surface area contributed by atoms with Crippen LogP contribution in [0.2, 0.25) is 5.02 Å². The molecule has 1 saturated heterocycles. The third-order valence-corrected chi connectivity index (χ3v) is 12.4. The maximum absolute atomic E-state index is 13.9. The lowest BCUT2D eigenvalue weighted by Crippen LogP contribution is -2.60. The van der Waals surface area contributed by atoms with E-state index in [9.17, 15) is 28.0 Å². The summed E-state index contributed by atoms with van der Waals surface area (Å²) in [6, 6.07) is 16.8. The van der Waals surface area contributed by atoms with Gasteiger partial charge in [-0.05, 0) is 89.4 Å². The number of fused-ring (bicyclic) bond motifs is 5. The number of nitrogens with one attached hydrogen (secondary N) is 1. The summed E-state index contributed by atoms with van der Waals surface area (Å²) >= 11 is 5.99. The Balaban J connectivity index is 1.15. The van der Waals surface area contributed by atoms with Crippen LogP contribution in [-0.4, -0.2) is 76.3 Å². The van der Waals surface area contributed by atoms with E-state index >= 15 is 0 Å². The fourth-order valence-corrected chi connectivity index (χ4v) is 9.29. The summed E-state index contributed by atoms with van der Waals surface area (Å²) in [6.45, 7) is 8.64. The first kappa shape index (κ1) is 39.6. The van der Waals surface area contributed by atoms with Gasteiger partial charge in [0.15, 0.2) is 0 Å². The summed E-state index contributed by atoms with van der Waals surface area (Å²) in [6.07, 6.45) is 0.691. The number of piperidine rings is 1. The lowest BCUT2D eigenvalue weighted by atomic mass is 9.80. The molecule has 0 unspecified atom stereocenters. The van der Waals surface area contributed by atoms with Crippen LogP contribution in [0.15, 0.2) is 75.3 Å². The first-order valence-electron chi connectivity index (χ1n) is 18.4. The van der Waals surface area contributed by atoms with Crippen LogP contribution < -0.4 is 10.3 Å². The zero-order valence-electron chi connectivity index (χ0n) is 31.8. The minimum absolute atomic E-state index is 0.0336. The number of aliphatic imine (C=N–C) groups is 1. The van der Waals surface area contributed by atoms with Gasteiger partial charge in [-0.3, -0.25) is 14.5 Å². The van der Waals surface area contributed by atoms with Crippen molar-refractivity contribution in [3.05, 3.63) is 92.7 Å². The molecule has 2 aromatic heterocycles. The van der Waals surface area contributed by atoms with Crippen molar-refractivity contribution in [3.8, 4) is 11.4 Å². The smallest absolute Gasteiger partial charge is 0.355 e. The summed E-state index contributed by atoms with van der Waals surface area (Å²) < 4.78 is 48.5. The van der Waals surface area contributed by atoms with Crippen LogP contribution in [-0.2, 0) is 52.6 Å². The number of hydroxylamine groups is 2. The second-order valence-corrected chi connectivity index (χ2v) is 17.8. The van der Waals surface area contributed by atoms with Crippen LogP contribution in [0.4, 0.5) is 0 Å². The Hall–Kier alpha value is -4.67. The van der Waals surface area contributed by atoms with E-state index in [-0.39, 0.29) is 66.1 Å². The molecule has 3 aliphatic rings. The SMILES string of the molecule is CC[C@@]1(OC(=O)CN=C(CCOC2CC(C)(C)N(O)C(C)(C)C2)NS(=O)(=O)c2ccc(Cl)cc2)C(=O)OCc2c1cc1n(c2=O)Cc2cc3ccccc3nc2-1. The van der Waals surface area contributed by atoms with E-state index in [1.165, 1.54) is 29.3 Å². The molecule has 0 aliphatic carbocycles. The summed E-state index contributed by atoms with van der Waals surface area (Å²) in [5.74, 6) is -1.88. The molecule has 16 heteroatoms. The van der Waals surface area contributed by atoms with Gasteiger partial charge in [-0.15, -0.1) is 0 Å². The van der Waals surface area contributed by atoms with Gasteiger partial charge in [0.25, 0.3) is 15.6 Å². The van der Waals surface area contributed by atoms with E-state index in [0.29, 0.717) is 29.3 Å². The second-order valence-electron chi connectivity index (χ2n) is 15.6. The number of sulfonamides is 1. The highest BCUT2D eigenvalue weighted by Gasteiger charge is 2.50. The number of carbonyl (C=O) groups is 2. The highest BCUT2D eigenvalue weighted by atomic mass is 35.5. The van der Waals surface area contributed by atoms with E-state index in [4.69, 9.17) is 30.8 Å². The molecule has 4 aromatic rings. The molecular formula is C40H44ClN5O9S. The molecule has 0 amide bonds. The quantitative estimate of drug-likeness (QED) is 0.104. The van der Waals surface area contributed by atoms with Crippen molar-refractivity contribution in [2.45, 2.75) is 101 Å². The highest BCUT2D eigenvalue weighted by Crippen LogP contribution is 2.41. The van der Waals surface area contributed by atoms with Crippen molar-refractivity contribution in [2.75, 3.05) is 13.2 Å². The lowest BCUT2D eigenvalue weighted by molar-refractivity contribution is -0.261. The molecule has 0 saturated carbocycles. The molecule has 1 fully saturated rings. The molecule has 56 heavy (non-hydrogen) atoms. The average Bonchev–Trinajstić information content (AvgIpc) is 3.50. The van der Waals surface area contributed by atoms with Crippen LogP contribution in [0.3, 0.4) is 0 Å². The standard InChI is InChI=1S/C40H44ClN5O9S/c1-6-40(30-18-32-35-25(17-24-9-7-8-10-31(24)43-35)22-45(32)36(48)29(30)23-54-37(40)49)55-34(47)21-42-33(44-56(51,52)28-13-11-26(41)12-14-28)15-16-53-27-19-38(2,3)46(50)39(4,5)20-27/h7-14,17-18,27,50H,6,15-16,19-23H2,1-5H3,(H,42,44)/t40-/m0/s1. The van der Waals surface area contributed by atoms with Gasteiger partial charge in [0, 0.05) is 39.0 Å². The van der Waals surface area contributed by atoms with Gasteiger partial charge >= 0.3 is 11.9 Å². The number of rotatable bonds is 10. The minimum Gasteiger partial charge on any atom is -0.457 e. The maximum Gasteiger partial charge on any atom is 0.355 e. The molecule has 14 nitrogen and oxygen atoms in total. The molecule has 0 bridgehead atoms. The van der Waals surface area contributed by atoms with Gasteiger partial charge in [0.2, 0.25) is 5.60 Å². The summed E-state index contributed by atoms with van der Waals surface area (Å²) in [5, 5.41) is 13.3. The number of carbonyl (C=O) groups excluding carboxylic acids is 2. The number of aromatic nitrogens is 2. The van der Waals surface area contributed by atoms with E-state index in [2.05, 4.69) is 9.71 Å². The Morgan fingerprint density at radius 2 is 1.77 bits per heavy atom. The Morgan fingerprint density at radius 1 is 1.07 bits per heavy atom. The number of hydrogen-bond donors (Lipinski definition) is 2. The van der Waals surface area contributed by atoms with E-state index in [1.54, 1.807) is 17.6 Å². The zero-order valence-corrected chi connectivity index (χ0v) is 33.4. The second kappa shape index (κ2) is 14.7. The van der Waals surface area contributed by atoms with Crippen molar-refractivity contribution in [2.24, 2.45) is 4.99 Å². The molecule has 296 valence electrons. The Bertz CT molecular complexity index is 2410. The summed E-state index contributed by atoms with van der Waals surface area (Å²) in [5.41, 5.74) is -0.423. The van der Waals surface area contributed by atoms with Gasteiger partial charge in [-0.2, -0.15) is 5.06 Å². The fraction of sp³-hybridized carbons (Fsp3) is 0.425. The number of amidine groups is 1. The molecule has 0 spiro atoms. The van der Waals surface area contributed by atoms with Crippen LogP contribution >= 0.6 is 11.6 Å². The van der Waals surface area contributed by atoms with Gasteiger partial charge in [-0.1, -0.05) is 36.7 Å². The molecular weight excluding hydrogens is 762 g/mol. The molecule has 2 aromatic carbocycles. The molecule has 0 radical (unpaired) electrons. The molecule has 7 rings (SSSR count). The highest BCUT2D eigenvalue weighted by molar-refractivity contribution is 7.90. The zero-order chi connectivity index (χ0) is 40.2. The number of nitrogens with zero attached hydrogens (tertiary/aromatic N) is 4. The van der Waals surface area contributed by atoms with E-state index < -0.39 is 45.2 Å². The molecule has 1 atom stereocenters. The molecule has 2 N–H and O–H groups in total. The maximum atomic E-state index is 13.9. The number of halogens is 1. The largest absolute Gasteiger partial charge is 0.457 e. The lowest BCUT2D eigenvalue weighted by Gasteiger charge is -2.51. The monoisotopic (exact) mass is 805 g/mol. The Kier molecular flexibility index (Phi) is 10.4. The van der Waals surface area contributed by atoms with Crippen LogP contribution in [0.1, 0.15) is 77.0 Å². The summed E-state index contributed by atoms with van der Waals surface area (Å²) in [4.78, 5) is 50.3. The van der Waals surface area contributed by atoms with Gasteiger partial charge in [-0.25, -0.2) is 23.0 Å². The number of hydrogen-bond acceptors (Lipinski definition) is 12. The van der Waals surface area contributed by atoms with Crippen molar-refractivity contribution < 1.29 is 37.4 Å². The van der Waals surface area contributed by atoms with Gasteiger partial charge < -0.3 is 24.0 Å². The van der Waals surface area contributed by atoms with Crippen LogP contribution in [0.25, 0.3) is 22.3 Å². The summed E-state index contributed by atoms with van der Waals surface area (Å²) in [7, 11) is -4.17. The van der Waals surface area contributed by atoms with Crippen LogP contribution in [0, 0.1) is 0 Å². The molecule has 5 heterocycles. The number of ether oxygens (including phenoxy) is 3. The third-order valence-electron chi connectivity index (χ3n) is 10.7. The normalized spacial score (nSPS) is 20.6. The van der Waals surface area contributed by atoms with Crippen LogP contribution in [0.5, 0.6) is 0 Å². The number of benzene rings is 2. The number of cyclic esters (lactones) is 1. The number of pyridine rings is 2. The third kappa shape index (κ3) is 7.34. The van der Waals surface area contributed by atoms with Gasteiger partial charge in [0.1, 0.15) is 19.0 Å². The predicted molar refractivity (Wildman–Crippen MR) is 208 cm³/mol. The average molecular weight is 806 g/mol.